The van der Waals surface area contributed by atoms with Crippen LogP contribution < -0.4 is 0 Å². The van der Waals surface area contributed by atoms with Crippen LogP contribution in [-0.2, 0) is 0 Å². The Morgan fingerprint density at radius 2 is 0.438 bits per heavy atom. The van der Waals surface area contributed by atoms with Crippen molar-refractivity contribution in [3.8, 4) is 146 Å². The summed E-state index contributed by atoms with van der Waals surface area (Å²) in [6.45, 7) is 0. The van der Waals surface area contributed by atoms with Crippen molar-refractivity contribution in [2.24, 2.45) is 0 Å². The van der Waals surface area contributed by atoms with Gasteiger partial charge in [0, 0.05) is 114 Å². The topological polar surface area (TPSA) is 77.3 Å². The average molecular weight is 1500 g/mol. The number of thiophene rings is 4. The molecule has 0 radical (unpaired) electrons. The Hall–Kier alpha value is -13.6. The molecule has 22 aromatic rings. The van der Waals surface area contributed by atoms with Crippen molar-refractivity contribution in [1.82, 2.24) is 29.9 Å². The quantitative estimate of drug-likeness (QED) is 0.114. The van der Waals surface area contributed by atoms with E-state index in [9.17, 15) is 0 Å². The summed E-state index contributed by atoms with van der Waals surface area (Å²) in [6.07, 6.45) is 0. The fourth-order valence-electron chi connectivity index (χ4n) is 16.1. The van der Waals surface area contributed by atoms with Crippen molar-refractivity contribution in [3.63, 3.8) is 0 Å². The minimum atomic E-state index is 0.619. The standard InChI is InChI=1S/C102H60N6S4/c1-4-19-61(20-5-1)62-41-43-64(44-42-62)70-50-53-88-85(58-70)93-83(36-17-39-90(93)109-88)101-105-97(66-21-6-2-7-22-66)103-99(107-101)75-29-13-26-69(56-75)72-49-52-80-82-35-16-32-77(96(82)112-92(80)60-72)73-27-12-25-68(55-73)63-45-47-65(48-46-63)71-51-54-89-86(59-71)94-84(37-18-40-91(94)110-89)102-106-98(67-23-8-3-9-24-67)104-100(108-102)76-30-14-28-74(57-76)78-33-15-34-81-79-31-10-11-38-87(79)111-95(78)81/h1-60H. The van der Waals surface area contributed by atoms with Gasteiger partial charge in [-0.05, 0) is 145 Å². The summed E-state index contributed by atoms with van der Waals surface area (Å²) in [5, 5.41) is 9.68. The molecule has 0 aliphatic rings. The zero-order chi connectivity index (χ0) is 73.7. The number of aromatic nitrogens is 6. The number of benzene rings is 16. The van der Waals surface area contributed by atoms with E-state index < -0.39 is 0 Å². The Kier molecular flexibility index (Phi) is 15.9. The summed E-state index contributed by atoms with van der Waals surface area (Å²) < 4.78 is 9.84. The minimum absolute atomic E-state index is 0.619. The van der Waals surface area contributed by atoms with Gasteiger partial charge in [-0.1, -0.05) is 297 Å². The molecule has 0 bridgehead atoms. The first-order valence-electron chi connectivity index (χ1n) is 37.4. The molecule has 6 aromatic heterocycles. The molecule has 22 rings (SSSR count). The van der Waals surface area contributed by atoms with Crippen LogP contribution in [0.5, 0.6) is 0 Å². The van der Waals surface area contributed by atoms with Crippen molar-refractivity contribution < 1.29 is 0 Å². The van der Waals surface area contributed by atoms with Crippen molar-refractivity contribution in [2.45, 2.75) is 0 Å². The summed E-state index contributed by atoms with van der Waals surface area (Å²) in [5.41, 5.74) is 21.9. The van der Waals surface area contributed by atoms with E-state index in [2.05, 4.69) is 328 Å². The Labute approximate surface area is 661 Å². The average Bonchev–Trinajstić information content (AvgIpc) is 1.48. The molecule has 0 fully saturated rings. The fraction of sp³-hybridized carbons (Fsp3) is 0. The minimum Gasteiger partial charge on any atom is -0.208 e. The molecule has 0 aliphatic heterocycles. The second-order valence-corrected chi connectivity index (χ2v) is 32.6. The number of hydrogen-bond donors (Lipinski definition) is 0. The fourth-order valence-corrected chi connectivity index (χ4v) is 20.9. The van der Waals surface area contributed by atoms with E-state index in [0.717, 1.165) is 88.7 Å². The molecule has 6 nitrogen and oxygen atoms in total. The zero-order valence-corrected chi connectivity index (χ0v) is 63.2. The molecular formula is C102H60N6S4. The number of hydrogen-bond acceptors (Lipinski definition) is 10. The summed E-state index contributed by atoms with van der Waals surface area (Å²) in [6, 6.07) is 131. The van der Waals surface area contributed by atoms with Crippen molar-refractivity contribution in [1.29, 1.82) is 0 Å². The Bertz CT molecular complexity index is 7490. The van der Waals surface area contributed by atoms with Crippen LogP contribution in [0.15, 0.2) is 364 Å². The highest BCUT2D eigenvalue weighted by Crippen LogP contribution is 2.48. The van der Waals surface area contributed by atoms with E-state index >= 15 is 0 Å². The molecule has 112 heavy (non-hydrogen) atoms. The van der Waals surface area contributed by atoms with Crippen LogP contribution in [0, 0.1) is 0 Å². The van der Waals surface area contributed by atoms with E-state index in [4.69, 9.17) is 29.9 Å². The number of fused-ring (bicyclic) bond motifs is 12. The van der Waals surface area contributed by atoms with Crippen LogP contribution in [-0.4, -0.2) is 29.9 Å². The lowest BCUT2D eigenvalue weighted by Gasteiger charge is -2.11. The predicted octanol–water partition coefficient (Wildman–Crippen LogP) is 29.2. The molecule has 16 aromatic carbocycles. The molecule has 0 N–H and O–H groups in total. The first-order valence-corrected chi connectivity index (χ1v) is 40.7. The maximum Gasteiger partial charge on any atom is 0.164 e. The summed E-state index contributed by atoms with van der Waals surface area (Å²) >= 11 is 7.30. The van der Waals surface area contributed by atoms with Gasteiger partial charge in [0.25, 0.3) is 0 Å². The van der Waals surface area contributed by atoms with E-state index in [1.54, 1.807) is 22.7 Å². The second kappa shape index (κ2) is 27.2. The van der Waals surface area contributed by atoms with Crippen LogP contribution >= 0.6 is 45.3 Å². The highest BCUT2D eigenvalue weighted by Gasteiger charge is 2.23. The molecule has 522 valence electrons. The molecular weight excluding hydrogens is 1440 g/mol. The van der Waals surface area contributed by atoms with E-state index in [-0.39, 0.29) is 0 Å². The van der Waals surface area contributed by atoms with Gasteiger partial charge in [0.1, 0.15) is 0 Å². The Morgan fingerprint density at radius 3 is 0.955 bits per heavy atom. The van der Waals surface area contributed by atoms with Crippen molar-refractivity contribution >= 4 is 126 Å². The van der Waals surface area contributed by atoms with Gasteiger partial charge in [0.05, 0.1) is 0 Å². The predicted molar refractivity (Wildman–Crippen MR) is 475 cm³/mol. The Morgan fingerprint density at radius 1 is 0.143 bits per heavy atom. The van der Waals surface area contributed by atoms with E-state index in [0.29, 0.717) is 34.9 Å². The smallest absolute Gasteiger partial charge is 0.164 e. The van der Waals surface area contributed by atoms with Gasteiger partial charge in [0.15, 0.2) is 34.9 Å². The lowest BCUT2D eigenvalue weighted by Crippen LogP contribution is -2.00. The van der Waals surface area contributed by atoms with Gasteiger partial charge in [-0.2, -0.15) is 0 Å². The summed E-state index contributed by atoms with van der Waals surface area (Å²) in [5.74, 6) is 3.78. The third-order valence-corrected chi connectivity index (χ3v) is 26.3. The third kappa shape index (κ3) is 11.7. The SMILES string of the molecule is c1ccc(-c2ccc(-c3ccc4sc5cccc(-c6nc(-c7ccccc7)nc(-c7cccc(-c8ccc9c(c8)sc8c(-c%10cccc(-c%11ccc(-c%12ccc%13sc%14cccc(-c%15nc(-c%16ccccc%16)nc(-c%16cccc(-c%17cccc%18c%17sc%17ccccc%17%18)c%16)n%15)c%14c%13c%12)cc%11)c%10)cccc89)c7)n6)c5c4c3)cc2)cc1. The second-order valence-electron chi connectivity index (χ2n) is 28.4. The molecule has 0 aliphatic carbocycles. The normalized spacial score (nSPS) is 11.8. The highest BCUT2D eigenvalue weighted by molar-refractivity contribution is 7.27. The molecule has 0 unspecified atom stereocenters. The van der Waals surface area contributed by atoms with E-state index in [1.807, 2.05) is 59.1 Å². The third-order valence-electron chi connectivity index (χ3n) is 21.6. The first kappa shape index (κ1) is 65.5. The largest absolute Gasteiger partial charge is 0.208 e. The van der Waals surface area contributed by atoms with E-state index in [1.165, 1.54) is 103 Å². The van der Waals surface area contributed by atoms with Crippen LogP contribution in [0.1, 0.15) is 0 Å². The van der Waals surface area contributed by atoms with Gasteiger partial charge in [-0.25, -0.2) is 29.9 Å². The molecule has 0 spiro atoms. The van der Waals surface area contributed by atoms with Gasteiger partial charge < -0.3 is 0 Å². The van der Waals surface area contributed by atoms with Crippen molar-refractivity contribution in [2.75, 3.05) is 0 Å². The molecule has 10 heteroatoms. The van der Waals surface area contributed by atoms with Crippen LogP contribution in [0.2, 0.25) is 0 Å². The number of rotatable bonds is 13. The number of nitrogens with zero attached hydrogens (tertiary/aromatic N) is 6. The van der Waals surface area contributed by atoms with Crippen molar-refractivity contribution in [3.05, 3.63) is 364 Å². The lowest BCUT2D eigenvalue weighted by atomic mass is 9.95. The van der Waals surface area contributed by atoms with Gasteiger partial charge in [-0.15, -0.1) is 45.3 Å². The Balaban J connectivity index is 0.559. The van der Waals surface area contributed by atoms with Crippen LogP contribution in [0.3, 0.4) is 0 Å². The molecule has 0 amide bonds. The van der Waals surface area contributed by atoms with Gasteiger partial charge in [-0.3, -0.25) is 0 Å². The maximum absolute atomic E-state index is 5.39. The van der Waals surface area contributed by atoms with Crippen LogP contribution in [0.4, 0.5) is 0 Å². The van der Waals surface area contributed by atoms with Crippen LogP contribution in [0.25, 0.3) is 227 Å². The molecule has 0 saturated carbocycles. The lowest BCUT2D eigenvalue weighted by molar-refractivity contribution is 1.08. The molecule has 0 atom stereocenters. The van der Waals surface area contributed by atoms with Gasteiger partial charge >= 0.3 is 0 Å². The first-order chi connectivity index (χ1) is 55.4. The summed E-state index contributed by atoms with van der Waals surface area (Å²) in [7, 11) is 0. The molecule has 6 heterocycles. The summed E-state index contributed by atoms with van der Waals surface area (Å²) in [4.78, 5) is 31.8. The monoisotopic (exact) mass is 1500 g/mol. The highest BCUT2D eigenvalue weighted by atomic mass is 32.1. The molecule has 0 saturated heterocycles. The zero-order valence-electron chi connectivity index (χ0n) is 60.0. The maximum atomic E-state index is 5.39. The van der Waals surface area contributed by atoms with Gasteiger partial charge in [0.2, 0.25) is 0 Å².